The minimum Gasteiger partial charge on any atom is -0.481 e. The molecule has 3 unspecified atom stereocenters. The van der Waals surface area contributed by atoms with Gasteiger partial charge in [0, 0.05) is 6.42 Å². The van der Waals surface area contributed by atoms with Crippen molar-refractivity contribution in [2.45, 2.75) is 31.1 Å². The quantitative estimate of drug-likeness (QED) is 0.246. The topological polar surface area (TPSA) is 193 Å². The lowest BCUT2D eigenvalue weighted by molar-refractivity contribution is -0.168. The molecular weight excluding hydrogens is 306 g/mol. The van der Waals surface area contributed by atoms with E-state index in [-0.39, 0.29) is 4.90 Å². The zero-order valence-corrected chi connectivity index (χ0v) is 11.3. The number of carboxylic acids is 2. The fourth-order valence-electron chi connectivity index (χ4n) is 1.52. The second-order valence-corrected chi connectivity index (χ2v) is 4.23. The van der Waals surface area contributed by atoms with Gasteiger partial charge < -0.3 is 30.6 Å². The van der Waals surface area contributed by atoms with E-state index in [2.05, 4.69) is 0 Å². The molecule has 0 saturated carbocycles. The lowest BCUT2D eigenvalue weighted by atomic mass is 10.1. The summed E-state index contributed by atoms with van der Waals surface area (Å²) in [6, 6.07) is -1.99. The predicted molar refractivity (Wildman–Crippen MR) is 66.3 cm³/mol. The average Bonchev–Trinajstić information content (AvgIpc) is 2.47. The first-order valence-electron chi connectivity index (χ1n) is 6.06. The minimum absolute atomic E-state index is 0.0625. The molecule has 0 saturated heterocycles. The second kappa shape index (κ2) is 9.04. The Hall–Kier alpha value is -2.08. The van der Waals surface area contributed by atoms with Crippen LogP contribution in [0.1, 0.15) is 12.8 Å². The van der Waals surface area contributed by atoms with Gasteiger partial charge in [0.15, 0.2) is 12.2 Å². The fraction of sp³-hybridized carbons (Fsp3) is 0.636. The number of aliphatic carboxylic acids is 2. The van der Waals surface area contributed by atoms with Gasteiger partial charge >= 0.3 is 11.9 Å². The molecule has 11 nitrogen and oxygen atoms in total. The third-order valence-corrected chi connectivity index (χ3v) is 2.62. The van der Waals surface area contributed by atoms with Crippen LogP contribution in [0.3, 0.4) is 0 Å². The molecule has 11 heteroatoms. The fourth-order valence-corrected chi connectivity index (χ4v) is 1.52. The van der Waals surface area contributed by atoms with Gasteiger partial charge in [-0.3, -0.25) is 19.3 Å². The molecule has 0 aromatic carbocycles. The smallest absolute Gasteiger partial charge is 0.326 e. The third-order valence-electron chi connectivity index (χ3n) is 2.62. The lowest BCUT2D eigenvalue weighted by Gasteiger charge is -2.29. The molecule has 0 heterocycles. The molecule has 6 N–H and O–H groups in total. The summed E-state index contributed by atoms with van der Waals surface area (Å²) in [6.07, 6.45) is -5.67. The van der Waals surface area contributed by atoms with E-state index >= 15 is 0 Å². The number of rotatable bonds is 9. The van der Waals surface area contributed by atoms with Crippen molar-refractivity contribution in [1.29, 1.82) is 0 Å². The highest BCUT2D eigenvalue weighted by Crippen LogP contribution is 2.13. The van der Waals surface area contributed by atoms with Gasteiger partial charge in [0.2, 0.25) is 0 Å². The van der Waals surface area contributed by atoms with Crippen molar-refractivity contribution in [3.63, 3.8) is 0 Å². The Balaban J connectivity index is 5.57. The molecule has 0 aromatic heterocycles. The van der Waals surface area contributed by atoms with E-state index in [1.165, 1.54) is 0 Å². The molecule has 0 radical (unpaired) electrons. The summed E-state index contributed by atoms with van der Waals surface area (Å²) in [5.41, 5.74) is 0. The lowest BCUT2D eigenvalue weighted by Crippen LogP contribution is -2.56. The van der Waals surface area contributed by atoms with Crippen molar-refractivity contribution in [2.24, 2.45) is 0 Å². The Morgan fingerprint density at radius 2 is 1.27 bits per heavy atom. The van der Waals surface area contributed by atoms with Gasteiger partial charge in [-0.1, -0.05) is 0 Å². The van der Waals surface area contributed by atoms with Gasteiger partial charge in [-0.05, 0) is 6.42 Å². The van der Waals surface area contributed by atoms with E-state index in [1.54, 1.807) is 0 Å². The summed E-state index contributed by atoms with van der Waals surface area (Å²) in [4.78, 5) is 45.2. The predicted octanol–water partition coefficient (Wildman–Crippen LogP) is -3.63. The van der Waals surface area contributed by atoms with E-state index in [0.29, 0.717) is 0 Å². The summed E-state index contributed by atoms with van der Waals surface area (Å²) >= 11 is 0. The minimum atomic E-state index is -2.14. The van der Waals surface area contributed by atoms with Crippen molar-refractivity contribution < 1.29 is 49.8 Å². The van der Waals surface area contributed by atoms with Crippen molar-refractivity contribution in [3.05, 3.63) is 0 Å². The maximum Gasteiger partial charge on any atom is 0.326 e. The number of hydrogen-bond donors (Lipinski definition) is 6. The largest absolute Gasteiger partial charge is 0.481 e. The van der Waals surface area contributed by atoms with Crippen LogP contribution in [-0.2, 0) is 19.2 Å². The van der Waals surface area contributed by atoms with Crippen LogP contribution in [0.4, 0.5) is 0 Å². The van der Waals surface area contributed by atoms with Crippen LogP contribution in [-0.4, -0.2) is 90.8 Å². The molecule has 0 rings (SSSR count). The number of carboxylic acid groups (broad SMARTS) is 2. The molecule has 0 aliphatic carbocycles. The van der Waals surface area contributed by atoms with Gasteiger partial charge in [-0.15, -0.1) is 0 Å². The number of hydrogen-bond acceptors (Lipinski definition) is 8. The van der Waals surface area contributed by atoms with Crippen LogP contribution >= 0.6 is 0 Å². The van der Waals surface area contributed by atoms with Crippen molar-refractivity contribution in [1.82, 2.24) is 4.90 Å². The van der Waals surface area contributed by atoms with E-state index in [9.17, 15) is 29.4 Å². The van der Waals surface area contributed by atoms with Crippen molar-refractivity contribution in [2.75, 3.05) is 13.2 Å². The molecule has 0 fully saturated rings. The number of aliphatic hydroxyl groups is 4. The number of carbonyl (C=O) groups excluding carboxylic acids is 2. The molecule has 22 heavy (non-hydrogen) atoms. The Labute approximate surface area is 124 Å². The highest BCUT2D eigenvalue weighted by Gasteiger charge is 2.39. The molecule has 2 amide bonds. The van der Waals surface area contributed by atoms with Crippen molar-refractivity contribution in [3.8, 4) is 0 Å². The Morgan fingerprint density at radius 3 is 1.55 bits per heavy atom. The molecule has 126 valence electrons. The third kappa shape index (κ3) is 5.37. The van der Waals surface area contributed by atoms with E-state index in [4.69, 9.17) is 20.4 Å². The van der Waals surface area contributed by atoms with Gasteiger partial charge in [0.05, 0.1) is 13.2 Å². The molecule has 0 aromatic rings. The van der Waals surface area contributed by atoms with E-state index in [1.807, 2.05) is 0 Å². The summed E-state index contributed by atoms with van der Waals surface area (Å²) in [5.74, 6) is -6.20. The van der Waals surface area contributed by atoms with Crippen LogP contribution in [0, 0.1) is 0 Å². The first-order chi connectivity index (χ1) is 10.2. The van der Waals surface area contributed by atoms with Gasteiger partial charge in [0.25, 0.3) is 11.8 Å². The van der Waals surface area contributed by atoms with Crippen LogP contribution < -0.4 is 0 Å². The summed E-state index contributed by atoms with van der Waals surface area (Å²) in [6.45, 7) is -2.24. The number of nitrogens with zero attached hydrogens (tertiary/aromatic N) is 1. The Morgan fingerprint density at radius 1 is 0.864 bits per heavy atom. The first-order valence-corrected chi connectivity index (χ1v) is 6.06. The SMILES string of the molecule is O=C(O)CCC(C(=O)O)N(C(=O)C(O)CO)C(=O)C(O)CO. The second-order valence-electron chi connectivity index (χ2n) is 4.23. The highest BCUT2D eigenvalue weighted by molar-refractivity contribution is 6.02. The van der Waals surface area contributed by atoms with Gasteiger partial charge in [0.1, 0.15) is 6.04 Å². The highest BCUT2D eigenvalue weighted by atomic mass is 16.4. The maximum absolute atomic E-state index is 11.8. The summed E-state index contributed by atoms with van der Waals surface area (Å²) in [7, 11) is 0. The normalized spacial score (nSPS) is 14.7. The zero-order valence-electron chi connectivity index (χ0n) is 11.3. The van der Waals surface area contributed by atoms with Gasteiger partial charge in [-0.25, -0.2) is 4.79 Å². The van der Waals surface area contributed by atoms with E-state index in [0.717, 1.165) is 0 Å². The maximum atomic E-state index is 11.8. The average molecular weight is 323 g/mol. The van der Waals surface area contributed by atoms with Crippen LogP contribution in [0.25, 0.3) is 0 Å². The standard InChI is InChI=1S/C11H17NO10/c13-3-6(15)9(19)12(10(20)7(16)4-14)5(11(21)22)1-2-8(17)18/h5-7,13-16H,1-4H2,(H,17,18)(H,21,22). The summed E-state index contributed by atoms with van der Waals surface area (Å²) in [5, 5.41) is 53.5. The number of aliphatic hydroxyl groups excluding tert-OH is 4. The molecule has 0 aliphatic rings. The summed E-state index contributed by atoms with van der Waals surface area (Å²) < 4.78 is 0. The number of amides is 2. The molecule has 0 aliphatic heterocycles. The number of imide groups is 1. The van der Waals surface area contributed by atoms with Crippen LogP contribution in [0.5, 0.6) is 0 Å². The van der Waals surface area contributed by atoms with Crippen LogP contribution in [0.15, 0.2) is 0 Å². The molecular formula is C11H17NO10. The Kier molecular flexibility index (Phi) is 8.19. The van der Waals surface area contributed by atoms with E-state index < -0.39 is 68.1 Å². The molecule has 0 spiro atoms. The molecule has 3 atom stereocenters. The van der Waals surface area contributed by atoms with Crippen LogP contribution in [0.2, 0.25) is 0 Å². The van der Waals surface area contributed by atoms with Crippen molar-refractivity contribution >= 4 is 23.8 Å². The first kappa shape index (κ1) is 19.9. The molecule has 0 bridgehead atoms. The number of carbonyl (C=O) groups is 4. The zero-order chi connectivity index (χ0) is 17.4. The van der Waals surface area contributed by atoms with Gasteiger partial charge in [-0.2, -0.15) is 0 Å². The Bertz CT molecular complexity index is 415. The monoisotopic (exact) mass is 323 g/mol.